The Labute approximate surface area is 354 Å². The number of aryl methyl sites for hydroxylation is 4. The Hall–Kier alpha value is -4.16. The van der Waals surface area contributed by atoms with Crippen molar-refractivity contribution in [1.82, 2.24) is 0 Å². The Morgan fingerprint density at radius 2 is 0.966 bits per heavy atom. The van der Waals surface area contributed by atoms with Gasteiger partial charge in [-0.1, -0.05) is 110 Å². The van der Waals surface area contributed by atoms with Gasteiger partial charge in [0, 0.05) is 40.3 Å². The van der Waals surface area contributed by atoms with Crippen LogP contribution >= 0.6 is 23.2 Å². The molecule has 0 bridgehead atoms. The molecule has 8 rings (SSSR count). The van der Waals surface area contributed by atoms with Crippen LogP contribution in [0.1, 0.15) is 117 Å². The first-order valence-corrected chi connectivity index (χ1v) is 21.8. The van der Waals surface area contributed by atoms with Crippen LogP contribution in [0.4, 0.5) is 0 Å². The Kier molecular flexibility index (Phi) is 12.7. The summed E-state index contributed by atoms with van der Waals surface area (Å²) in [5.41, 5.74) is 11.5. The van der Waals surface area contributed by atoms with Crippen LogP contribution in [0.5, 0.6) is 0 Å². The van der Waals surface area contributed by atoms with Gasteiger partial charge in [-0.15, -0.1) is 0 Å². The maximum Gasteiger partial charge on any atom is 0.188 e. The summed E-state index contributed by atoms with van der Waals surface area (Å²) in [6.45, 7) is 11.0. The van der Waals surface area contributed by atoms with E-state index in [4.69, 9.17) is 32.7 Å². The molecule has 1 N–H and O–H groups in total. The minimum Gasteiger partial charge on any atom is -0.511 e. The molecule has 0 amide bonds. The zero-order chi connectivity index (χ0) is 41.2. The number of aliphatic hydroxyl groups is 1. The quantitative estimate of drug-likeness (QED) is 0.142. The first kappa shape index (κ1) is 42.0. The largest absolute Gasteiger partial charge is 0.511 e. The fourth-order valence-electron chi connectivity index (χ4n) is 10.3. The van der Waals surface area contributed by atoms with Gasteiger partial charge in [-0.2, -0.15) is 0 Å². The average Bonchev–Trinajstić information content (AvgIpc) is 3.58. The second-order valence-electron chi connectivity index (χ2n) is 17.0. The summed E-state index contributed by atoms with van der Waals surface area (Å²) < 4.78 is 11.8. The monoisotopic (exact) mass is 818 g/mol. The van der Waals surface area contributed by atoms with Gasteiger partial charge < -0.3 is 14.6 Å². The van der Waals surface area contributed by atoms with E-state index in [1.807, 2.05) is 69.3 Å². The standard InChI is InChI=1S/C27H31ClO3.C24H25ClO2/c1-4-30-17-31-26-25(23(29)16-27(26)12-6-5-7-13-27)24-18(2)14-21(15-19(24)3)20-8-10-22(28)11-9-20;1-15-12-18(17-6-8-19(25)9-7-17)13-16(2)21(15)22-20(26)14-24(23(22)27)10-4-3-5-11-24/h8-11,14-15H,4-7,12-13,16-17H2,1-3H3;6-9,12-13,27H,3-5,10-11,14H2,1-2H3. The van der Waals surface area contributed by atoms with Crippen LogP contribution in [0.3, 0.4) is 0 Å². The van der Waals surface area contributed by atoms with Crippen molar-refractivity contribution in [2.24, 2.45) is 10.8 Å². The highest BCUT2D eigenvalue weighted by atomic mass is 35.5. The van der Waals surface area contributed by atoms with Crippen molar-refractivity contribution in [3.05, 3.63) is 128 Å². The average molecular weight is 820 g/mol. The molecule has 5 nitrogen and oxygen atoms in total. The predicted octanol–water partition coefficient (Wildman–Crippen LogP) is 14.1. The van der Waals surface area contributed by atoms with E-state index in [0.717, 1.165) is 123 Å². The molecule has 4 aliphatic rings. The topological polar surface area (TPSA) is 72.8 Å². The van der Waals surface area contributed by atoms with Crippen LogP contribution in [0.15, 0.2) is 84.3 Å². The summed E-state index contributed by atoms with van der Waals surface area (Å²) in [5, 5.41) is 12.5. The molecule has 0 radical (unpaired) electrons. The molecular formula is C51H56Cl2O5. The Bertz CT molecular complexity index is 2200. The van der Waals surface area contributed by atoms with Crippen LogP contribution < -0.4 is 0 Å². The third-order valence-electron chi connectivity index (χ3n) is 13.0. The number of aliphatic hydroxyl groups excluding tert-OH is 1. The fourth-order valence-corrected chi connectivity index (χ4v) is 10.5. The van der Waals surface area contributed by atoms with Gasteiger partial charge in [0.1, 0.15) is 11.5 Å². The molecule has 0 aromatic heterocycles. The van der Waals surface area contributed by atoms with E-state index >= 15 is 0 Å². The molecule has 4 aliphatic carbocycles. The van der Waals surface area contributed by atoms with Crippen molar-refractivity contribution in [3.63, 3.8) is 0 Å². The summed E-state index contributed by atoms with van der Waals surface area (Å²) >= 11 is 12.1. The van der Waals surface area contributed by atoms with E-state index in [-0.39, 0.29) is 29.2 Å². The lowest BCUT2D eigenvalue weighted by molar-refractivity contribution is -0.115. The van der Waals surface area contributed by atoms with Gasteiger partial charge in [-0.3, -0.25) is 9.59 Å². The van der Waals surface area contributed by atoms with Gasteiger partial charge in [0.15, 0.2) is 18.4 Å². The van der Waals surface area contributed by atoms with E-state index in [1.165, 1.54) is 12.8 Å². The van der Waals surface area contributed by atoms with Crippen molar-refractivity contribution in [1.29, 1.82) is 0 Å². The van der Waals surface area contributed by atoms with Crippen LogP contribution in [-0.4, -0.2) is 30.1 Å². The number of ketones is 2. The van der Waals surface area contributed by atoms with E-state index in [9.17, 15) is 14.7 Å². The van der Waals surface area contributed by atoms with E-state index < -0.39 is 0 Å². The maximum atomic E-state index is 13.4. The molecule has 2 spiro atoms. The lowest BCUT2D eigenvalue weighted by Crippen LogP contribution is -2.26. The normalized spacial score (nSPS) is 18.6. The highest BCUT2D eigenvalue weighted by Gasteiger charge is 2.49. The highest BCUT2D eigenvalue weighted by molar-refractivity contribution is 6.31. The van der Waals surface area contributed by atoms with Crippen molar-refractivity contribution in [2.45, 2.75) is 112 Å². The van der Waals surface area contributed by atoms with Crippen LogP contribution in [0, 0.1) is 38.5 Å². The number of halogens is 2. The molecule has 2 saturated carbocycles. The fraction of sp³-hybridized carbons (Fsp3) is 0.412. The predicted molar refractivity (Wildman–Crippen MR) is 237 cm³/mol. The molecule has 58 heavy (non-hydrogen) atoms. The zero-order valence-electron chi connectivity index (χ0n) is 34.7. The highest BCUT2D eigenvalue weighted by Crippen LogP contribution is 2.55. The molecular weight excluding hydrogens is 763 g/mol. The van der Waals surface area contributed by atoms with Gasteiger partial charge in [0.2, 0.25) is 0 Å². The number of ether oxygens (including phenoxy) is 2. The maximum absolute atomic E-state index is 13.4. The van der Waals surface area contributed by atoms with E-state index in [0.29, 0.717) is 35.8 Å². The molecule has 0 atom stereocenters. The third-order valence-corrected chi connectivity index (χ3v) is 13.5. The van der Waals surface area contributed by atoms with E-state index in [1.54, 1.807) is 0 Å². The zero-order valence-corrected chi connectivity index (χ0v) is 36.2. The Morgan fingerprint density at radius 3 is 1.41 bits per heavy atom. The molecule has 7 heteroatoms. The number of carbonyl (C=O) groups excluding carboxylic acids is 2. The molecule has 0 aliphatic heterocycles. The summed E-state index contributed by atoms with van der Waals surface area (Å²) in [7, 11) is 0. The number of benzene rings is 4. The van der Waals surface area contributed by atoms with E-state index in [2.05, 4.69) is 38.1 Å². The number of hydrogen-bond acceptors (Lipinski definition) is 5. The number of carbonyl (C=O) groups is 2. The van der Waals surface area contributed by atoms with Crippen LogP contribution in [-0.2, 0) is 19.1 Å². The SMILES string of the molecule is CCOCOC1=C(c2c(C)cc(-c3ccc(Cl)cc3)cc2C)C(=O)CC12CCCCC2.Cc1cc(-c2ccc(Cl)cc2)cc(C)c1C1=C(O)C2(CCCCC2)CC1=O. The minimum atomic E-state index is -0.307. The Morgan fingerprint density at radius 1 is 0.569 bits per heavy atom. The van der Waals surface area contributed by atoms with Crippen molar-refractivity contribution in [2.75, 3.05) is 13.4 Å². The summed E-state index contributed by atoms with van der Waals surface area (Å²) in [5.74, 6) is 1.52. The Balaban J connectivity index is 0.000000178. The lowest BCUT2D eigenvalue weighted by Gasteiger charge is -2.35. The van der Waals surface area contributed by atoms with Crippen LogP contribution in [0.2, 0.25) is 10.0 Å². The number of Topliss-reactive ketones (excluding diaryl/α,β-unsaturated/α-hetero) is 2. The first-order valence-electron chi connectivity index (χ1n) is 21.1. The van der Waals surface area contributed by atoms with Gasteiger partial charge >= 0.3 is 0 Å². The first-order chi connectivity index (χ1) is 27.9. The third kappa shape index (κ3) is 8.33. The summed E-state index contributed by atoms with van der Waals surface area (Å²) in [6.07, 6.45) is 11.8. The molecule has 4 aromatic rings. The van der Waals surface area contributed by atoms with Gasteiger partial charge in [0.25, 0.3) is 0 Å². The lowest BCUT2D eigenvalue weighted by atomic mass is 9.72. The molecule has 0 heterocycles. The van der Waals surface area contributed by atoms with Crippen molar-refractivity contribution >= 4 is 45.9 Å². The second-order valence-corrected chi connectivity index (χ2v) is 17.9. The minimum absolute atomic E-state index is 0.0971. The molecule has 304 valence electrons. The number of allylic oxidation sites excluding steroid dienone is 4. The van der Waals surface area contributed by atoms with Crippen molar-refractivity contribution < 1.29 is 24.2 Å². The van der Waals surface area contributed by atoms with Crippen LogP contribution in [0.25, 0.3) is 33.4 Å². The summed E-state index contributed by atoms with van der Waals surface area (Å²) in [4.78, 5) is 26.3. The molecule has 4 aromatic carbocycles. The van der Waals surface area contributed by atoms with Gasteiger partial charge in [0.05, 0.1) is 11.1 Å². The number of hydrogen-bond donors (Lipinski definition) is 1. The second kappa shape index (κ2) is 17.6. The number of rotatable bonds is 8. The smallest absolute Gasteiger partial charge is 0.188 e. The molecule has 2 fully saturated rings. The molecule has 0 unspecified atom stereocenters. The van der Waals surface area contributed by atoms with Gasteiger partial charge in [-0.05, 0) is 140 Å². The summed E-state index contributed by atoms with van der Waals surface area (Å²) in [6, 6.07) is 24.2. The van der Waals surface area contributed by atoms with Crippen molar-refractivity contribution in [3.8, 4) is 22.3 Å². The molecule has 0 saturated heterocycles. The van der Waals surface area contributed by atoms with Gasteiger partial charge in [-0.25, -0.2) is 0 Å².